The quantitative estimate of drug-likeness (QED) is 0.398. The van der Waals surface area contributed by atoms with Crippen LogP contribution in [0.1, 0.15) is 11.1 Å². The van der Waals surface area contributed by atoms with E-state index in [0.29, 0.717) is 5.75 Å². The summed E-state index contributed by atoms with van der Waals surface area (Å²) >= 11 is 13.9. The zero-order valence-corrected chi connectivity index (χ0v) is 16.2. The van der Waals surface area contributed by atoms with Crippen LogP contribution in [0.4, 0.5) is 10.8 Å². The number of fused-ring (bicyclic) bond motifs is 1. The molecular formula is C18H13Cl2N3O3S. The average molecular weight is 422 g/mol. The molecule has 0 N–H and O–H groups in total. The smallest absolute Gasteiger partial charge is 0.272 e. The summed E-state index contributed by atoms with van der Waals surface area (Å²) < 4.78 is 5.83. The molecular weight excluding hydrogens is 409 g/mol. The summed E-state index contributed by atoms with van der Waals surface area (Å²) in [5, 5.41) is 14.1. The minimum atomic E-state index is -0.547. The van der Waals surface area contributed by atoms with Gasteiger partial charge in [0.2, 0.25) is 0 Å². The fourth-order valence-corrected chi connectivity index (χ4v) is 4.22. The molecule has 0 saturated heterocycles. The monoisotopic (exact) mass is 421 g/mol. The Bertz CT molecular complexity index is 988. The van der Waals surface area contributed by atoms with Crippen LogP contribution in [-0.4, -0.2) is 16.5 Å². The number of aromatic nitrogens is 1. The van der Waals surface area contributed by atoms with Crippen LogP contribution in [-0.2, 0) is 13.0 Å². The van der Waals surface area contributed by atoms with Crippen molar-refractivity contribution in [3.05, 3.63) is 73.2 Å². The number of nitro benzene ring substituents is 1. The summed E-state index contributed by atoms with van der Waals surface area (Å²) in [5.41, 5.74) is 2.23. The number of non-ortho nitro benzene ring substituents is 1. The van der Waals surface area contributed by atoms with E-state index in [0.717, 1.165) is 24.6 Å². The maximum Gasteiger partial charge on any atom is 0.272 e. The lowest BCUT2D eigenvalue weighted by Crippen LogP contribution is -2.30. The van der Waals surface area contributed by atoms with Crippen molar-refractivity contribution in [1.82, 2.24) is 4.98 Å². The molecule has 0 radical (unpaired) electrons. The minimum absolute atomic E-state index is 0.0989. The lowest BCUT2D eigenvalue weighted by molar-refractivity contribution is -0.384. The van der Waals surface area contributed by atoms with Crippen molar-refractivity contribution in [3.8, 4) is 11.5 Å². The number of thiazole rings is 1. The van der Waals surface area contributed by atoms with Crippen LogP contribution in [0.25, 0.3) is 0 Å². The van der Waals surface area contributed by atoms with Gasteiger partial charge >= 0.3 is 0 Å². The highest BCUT2D eigenvalue weighted by Crippen LogP contribution is 2.40. The number of hydrogen-bond donors (Lipinski definition) is 0. The number of benzene rings is 2. The first-order valence-corrected chi connectivity index (χ1v) is 9.72. The van der Waals surface area contributed by atoms with Gasteiger partial charge in [-0.2, -0.15) is 0 Å². The third-order valence-electron chi connectivity index (χ3n) is 4.29. The molecule has 2 aromatic carbocycles. The van der Waals surface area contributed by atoms with Gasteiger partial charge in [0.05, 0.1) is 15.0 Å². The van der Waals surface area contributed by atoms with Crippen molar-refractivity contribution in [1.29, 1.82) is 0 Å². The van der Waals surface area contributed by atoms with Crippen molar-refractivity contribution in [2.75, 3.05) is 11.4 Å². The van der Waals surface area contributed by atoms with Gasteiger partial charge in [-0.05, 0) is 29.7 Å². The molecule has 2 heterocycles. The normalized spacial score (nSPS) is 13.3. The van der Waals surface area contributed by atoms with E-state index in [1.165, 1.54) is 23.3 Å². The Balaban J connectivity index is 1.56. The van der Waals surface area contributed by atoms with Gasteiger partial charge in [-0.25, -0.2) is 4.98 Å². The molecule has 1 aliphatic heterocycles. The van der Waals surface area contributed by atoms with Crippen molar-refractivity contribution in [2.24, 2.45) is 0 Å². The van der Waals surface area contributed by atoms with Gasteiger partial charge in [-0.15, -0.1) is 11.3 Å². The Kier molecular flexibility index (Phi) is 4.90. The molecule has 0 aliphatic carbocycles. The van der Waals surface area contributed by atoms with Gasteiger partial charge in [0.1, 0.15) is 5.75 Å². The molecule has 4 rings (SSSR count). The maximum atomic E-state index is 10.9. The number of rotatable bonds is 4. The summed E-state index contributed by atoms with van der Waals surface area (Å²) in [6.45, 7) is 1.67. The lowest BCUT2D eigenvalue weighted by atomic mass is 10.00. The number of halogens is 2. The van der Waals surface area contributed by atoms with Gasteiger partial charge in [0.15, 0.2) is 10.9 Å². The molecule has 3 aromatic rings. The van der Waals surface area contributed by atoms with Gasteiger partial charge in [0.25, 0.3) is 5.69 Å². The first kappa shape index (κ1) is 18.0. The van der Waals surface area contributed by atoms with Crippen molar-refractivity contribution in [2.45, 2.75) is 13.0 Å². The molecule has 0 fully saturated rings. The fourth-order valence-electron chi connectivity index (χ4n) is 3.00. The third kappa shape index (κ3) is 3.71. The van der Waals surface area contributed by atoms with Crippen LogP contribution < -0.4 is 9.64 Å². The second-order valence-electron chi connectivity index (χ2n) is 6.01. The number of hydrogen-bond acceptors (Lipinski definition) is 6. The Morgan fingerprint density at radius 2 is 1.96 bits per heavy atom. The predicted molar refractivity (Wildman–Crippen MR) is 107 cm³/mol. The summed E-state index contributed by atoms with van der Waals surface area (Å²) in [7, 11) is 0. The highest BCUT2D eigenvalue weighted by Gasteiger charge is 2.20. The highest BCUT2D eigenvalue weighted by atomic mass is 35.5. The molecule has 0 amide bonds. The summed E-state index contributed by atoms with van der Waals surface area (Å²) in [5.74, 6) is 0.804. The topological polar surface area (TPSA) is 68.5 Å². The maximum absolute atomic E-state index is 10.9. The molecule has 1 aliphatic rings. The van der Waals surface area contributed by atoms with Crippen LogP contribution in [0.5, 0.6) is 11.5 Å². The number of ether oxygens (including phenoxy) is 1. The van der Waals surface area contributed by atoms with E-state index in [2.05, 4.69) is 9.88 Å². The Labute approximate surface area is 169 Å². The van der Waals surface area contributed by atoms with E-state index >= 15 is 0 Å². The standard InChI is InChI=1S/C18H13Cl2N3O3S/c19-15-8-13(23(24)25)9-16(20)17(15)26-14-2-1-12-10-22(5-3-11(12)7-14)18-21-4-6-27-18/h1-2,4,6-9H,3,5,10H2. The zero-order chi connectivity index (χ0) is 19.0. The molecule has 0 saturated carbocycles. The van der Waals surface area contributed by atoms with E-state index in [1.807, 2.05) is 29.8 Å². The van der Waals surface area contributed by atoms with Crippen molar-refractivity contribution >= 4 is 45.4 Å². The molecule has 0 spiro atoms. The predicted octanol–water partition coefficient (Wildman–Crippen LogP) is 5.71. The lowest BCUT2D eigenvalue weighted by Gasteiger charge is -2.28. The van der Waals surface area contributed by atoms with Crippen LogP contribution in [0.3, 0.4) is 0 Å². The van der Waals surface area contributed by atoms with Crippen molar-refractivity contribution in [3.63, 3.8) is 0 Å². The van der Waals surface area contributed by atoms with Crippen LogP contribution >= 0.6 is 34.5 Å². The van der Waals surface area contributed by atoms with E-state index in [1.54, 1.807) is 11.3 Å². The Morgan fingerprint density at radius 1 is 1.19 bits per heavy atom. The zero-order valence-electron chi connectivity index (χ0n) is 13.9. The summed E-state index contributed by atoms with van der Waals surface area (Å²) in [6, 6.07) is 8.28. The SMILES string of the molecule is O=[N+]([O-])c1cc(Cl)c(Oc2ccc3c(c2)CCN(c2nccs2)C3)c(Cl)c1. The van der Waals surface area contributed by atoms with Crippen molar-refractivity contribution < 1.29 is 9.66 Å². The molecule has 138 valence electrons. The first-order chi connectivity index (χ1) is 13.0. The van der Waals surface area contributed by atoms with Gasteiger partial charge < -0.3 is 9.64 Å². The molecule has 9 heteroatoms. The van der Waals surface area contributed by atoms with Crippen LogP contribution in [0.15, 0.2) is 41.9 Å². The second kappa shape index (κ2) is 7.34. The van der Waals surface area contributed by atoms with E-state index in [4.69, 9.17) is 27.9 Å². The molecule has 6 nitrogen and oxygen atoms in total. The Morgan fingerprint density at radius 3 is 2.63 bits per heavy atom. The van der Waals surface area contributed by atoms with Gasteiger partial charge in [-0.1, -0.05) is 29.3 Å². The van der Waals surface area contributed by atoms with Crippen LogP contribution in [0, 0.1) is 10.1 Å². The number of nitrogens with zero attached hydrogens (tertiary/aromatic N) is 3. The first-order valence-electron chi connectivity index (χ1n) is 8.09. The third-order valence-corrected chi connectivity index (χ3v) is 5.69. The summed E-state index contributed by atoms with van der Waals surface area (Å²) in [4.78, 5) is 17.0. The largest absolute Gasteiger partial charge is 0.454 e. The minimum Gasteiger partial charge on any atom is -0.454 e. The van der Waals surface area contributed by atoms with Gasteiger partial charge in [-0.3, -0.25) is 10.1 Å². The number of anilines is 1. The number of nitro groups is 1. The molecule has 0 bridgehead atoms. The van der Waals surface area contributed by atoms with E-state index < -0.39 is 4.92 Å². The van der Waals surface area contributed by atoms with E-state index in [-0.39, 0.29) is 21.5 Å². The summed E-state index contributed by atoms with van der Waals surface area (Å²) in [6.07, 6.45) is 2.68. The van der Waals surface area contributed by atoms with Crippen LogP contribution in [0.2, 0.25) is 10.0 Å². The molecule has 1 aromatic heterocycles. The second-order valence-corrected chi connectivity index (χ2v) is 7.70. The Hall–Kier alpha value is -2.35. The molecule has 0 atom stereocenters. The average Bonchev–Trinajstić information content (AvgIpc) is 3.18. The molecule has 0 unspecified atom stereocenters. The molecule has 27 heavy (non-hydrogen) atoms. The van der Waals surface area contributed by atoms with E-state index in [9.17, 15) is 10.1 Å². The van der Waals surface area contributed by atoms with Gasteiger partial charge in [0, 0.05) is 36.8 Å². The fraction of sp³-hybridized carbons (Fsp3) is 0.167. The highest BCUT2D eigenvalue weighted by molar-refractivity contribution is 7.13.